The van der Waals surface area contributed by atoms with E-state index in [1.807, 2.05) is 0 Å². The van der Waals surface area contributed by atoms with Crippen LogP contribution in [-0.2, 0) is 11.8 Å². The van der Waals surface area contributed by atoms with E-state index in [1.54, 1.807) is 24.2 Å². The van der Waals surface area contributed by atoms with E-state index in [0.717, 1.165) is 0 Å². The lowest BCUT2D eigenvalue weighted by atomic mass is 9.97. The molecule has 1 aliphatic rings. The van der Waals surface area contributed by atoms with Crippen molar-refractivity contribution in [2.24, 2.45) is 7.05 Å². The number of pyridine rings is 1. The lowest BCUT2D eigenvalue weighted by Crippen LogP contribution is -2.26. The van der Waals surface area contributed by atoms with Gasteiger partial charge in [-0.05, 0) is 18.2 Å². The second-order valence-corrected chi connectivity index (χ2v) is 6.32. The summed E-state index contributed by atoms with van der Waals surface area (Å²) >= 11 is 12.2. The molecule has 1 aliphatic heterocycles. The highest BCUT2D eigenvalue weighted by atomic mass is 35.5. The Morgan fingerprint density at radius 2 is 1.91 bits per heavy atom. The van der Waals surface area contributed by atoms with E-state index in [1.165, 1.54) is 22.8 Å². The number of hydrogen-bond acceptors (Lipinski definition) is 3. The Bertz CT molecular complexity index is 848. The van der Waals surface area contributed by atoms with Crippen molar-refractivity contribution >= 4 is 34.8 Å². The largest absolute Gasteiger partial charge is 0.508 e. The summed E-state index contributed by atoms with van der Waals surface area (Å²) in [5.74, 6) is -0.325. The number of nitrogens with zero attached hydrogens (tertiary/aromatic N) is 2. The molecule has 3 rings (SSSR count). The van der Waals surface area contributed by atoms with Gasteiger partial charge >= 0.3 is 0 Å². The van der Waals surface area contributed by atoms with Crippen LogP contribution in [0.15, 0.2) is 35.3 Å². The van der Waals surface area contributed by atoms with Gasteiger partial charge in [0, 0.05) is 43.8 Å². The predicted octanol–water partition coefficient (Wildman–Crippen LogP) is 2.92. The Labute approximate surface area is 142 Å². The summed E-state index contributed by atoms with van der Waals surface area (Å²) in [6.07, 6.45) is 1.83. The summed E-state index contributed by atoms with van der Waals surface area (Å²) in [5, 5.41) is 10.7. The maximum Gasteiger partial charge on any atom is 0.250 e. The third-order valence-corrected chi connectivity index (χ3v) is 4.84. The highest BCUT2D eigenvalue weighted by Crippen LogP contribution is 2.42. The molecule has 1 amide bonds. The Hall–Kier alpha value is -1.98. The SMILES string of the molecule is Cn1cc(N2CC(c3c(O)ccc(Cl)c3Cl)CC2=O)ccc1=O. The first-order valence-electron chi connectivity index (χ1n) is 7.02. The van der Waals surface area contributed by atoms with E-state index in [9.17, 15) is 14.7 Å². The third kappa shape index (κ3) is 2.82. The van der Waals surface area contributed by atoms with Gasteiger partial charge < -0.3 is 14.6 Å². The minimum atomic E-state index is -0.258. The van der Waals surface area contributed by atoms with Crippen LogP contribution in [0.1, 0.15) is 17.9 Å². The monoisotopic (exact) mass is 352 g/mol. The van der Waals surface area contributed by atoms with Crippen molar-refractivity contribution in [3.05, 3.63) is 56.4 Å². The molecular weight excluding hydrogens is 339 g/mol. The zero-order valence-corrected chi connectivity index (χ0v) is 13.8. The minimum absolute atomic E-state index is 0.0273. The molecule has 120 valence electrons. The van der Waals surface area contributed by atoms with Crippen LogP contribution in [0.25, 0.3) is 0 Å². The van der Waals surface area contributed by atoms with Gasteiger partial charge in [0.05, 0.1) is 15.7 Å². The minimum Gasteiger partial charge on any atom is -0.508 e. The van der Waals surface area contributed by atoms with Gasteiger partial charge in [-0.1, -0.05) is 23.2 Å². The van der Waals surface area contributed by atoms with Crippen LogP contribution in [0.4, 0.5) is 5.69 Å². The molecule has 0 aliphatic carbocycles. The summed E-state index contributed by atoms with van der Waals surface area (Å²) < 4.78 is 1.42. The fourth-order valence-electron chi connectivity index (χ4n) is 2.83. The second-order valence-electron chi connectivity index (χ2n) is 5.54. The summed E-state index contributed by atoms with van der Waals surface area (Å²) in [6, 6.07) is 6.02. The quantitative estimate of drug-likeness (QED) is 0.903. The van der Waals surface area contributed by atoms with Gasteiger partial charge in [-0.15, -0.1) is 0 Å². The van der Waals surface area contributed by atoms with Crippen LogP contribution in [-0.4, -0.2) is 22.1 Å². The first-order chi connectivity index (χ1) is 10.9. The van der Waals surface area contributed by atoms with Crippen LogP contribution in [0.5, 0.6) is 5.75 Å². The molecule has 0 bridgehead atoms. The number of carbonyl (C=O) groups is 1. The number of anilines is 1. The van der Waals surface area contributed by atoms with Crippen LogP contribution in [0.3, 0.4) is 0 Å². The standard InChI is InChI=1S/C16H14Cl2N2O3/c1-19-8-10(2-5-13(19)22)20-7-9(6-14(20)23)15-12(21)4-3-11(17)16(15)18/h2-5,8-9,21H,6-7H2,1H3. The Morgan fingerprint density at radius 3 is 2.61 bits per heavy atom. The van der Waals surface area contributed by atoms with E-state index in [-0.39, 0.29) is 34.6 Å². The van der Waals surface area contributed by atoms with E-state index in [4.69, 9.17) is 23.2 Å². The number of aromatic hydroxyl groups is 1. The second kappa shape index (κ2) is 5.91. The Balaban J connectivity index is 1.95. The first-order valence-corrected chi connectivity index (χ1v) is 7.78. The highest BCUT2D eigenvalue weighted by molar-refractivity contribution is 6.42. The van der Waals surface area contributed by atoms with Gasteiger partial charge in [0.1, 0.15) is 5.75 Å². The lowest BCUT2D eigenvalue weighted by Gasteiger charge is -2.18. The zero-order valence-electron chi connectivity index (χ0n) is 12.3. The van der Waals surface area contributed by atoms with Crippen molar-refractivity contribution < 1.29 is 9.90 Å². The van der Waals surface area contributed by atoms with Crippen molar-refractivity contribution in [2.75, 3.05) is 11.4 Å². The maximum atomic E-state index is 12.3. The lowest BCUT2D eigenvalue weighted by molar-refractivity contribution is -0.117. The topological polar surface area (TPSA) is 62.5 Å². The molecule has 1 aromatic heterocycles. The number of halogens is 2. The number of amides is 1. The molecule has 0 spiro atoms. The molecule has 5 nitrogen and oxygen atoms in total. The average molecular weight is 353 g/mol. The van der Waals surface area contributed by atoms with Crippen molar-refractivity contribution in [1.82, 2.24) is 4.57 Å². The number of carbonyl (C=O) groups excluding carboxylic acids is 1. The van der Waals surface area contributed by atoms with Crippen LogP contribution >= 0.6 is 23.2 Å². The molecule has 1 fully saturated rings. The van der Waals surface area contributed by atoms with Crippen molar-refractivity contribution in [3.8, 4) is 5.75 Å². The van der Waals surface area contributed by atoms with Crippen LogP contribution in [0.2, 0.25) is 10.0 Å². The summed E-state index contributed by atoms with van der Waals surface area (Å²) in [6.45, 7) is 0.366. The van der Waals surface area contributed by atoms with E-state index < -0.39 is 0 Å². The van der Waals surface area contributed by atoms with Gasteiger partial charge in [0.2, 0.25) is 11.5 Å². The molecule has 1 N–H and O–H groups in total. The molecule has 1 saturated heterocycles. The number of phenolic OH excluding ortho intramolecular Hbond substituents is 1. The molecular formula is C16H14Cl2N2O3. The van der Waals surface area contributed by atoms with Gasteiger partial charge in [-0.2, -0.15) is 0 Å². The molecule has 2 aromatic rings. The normalized spacial score (nSPS) is 17.8. The summed E-state index contributed by atoms with van der Waals surface area (Å²) in [5.41, 5.74) is 0.976. The maximum absolute atomic E-state index is 12.3. The molecule has 7 heteroatoms. The predicted molar refractivity (Wildman–Crippen MR) is 89.5 cm³/mol. The fraction of sp³-hybridized carbons (Fsp3) is 0.250. The molecule has 0 radical (unpaired) electrons. The van der Waals surface area contributed by atoms with E-state index in [2.05, 4.69) is 0 Å². The highest BCUT2D eigenvalue weighted by Gasteiger charge is 2.34. The van der Waals surface area contributed by atoms with Gasteiger partial charge in [0.25, 0.3) is 0 Å². The van der Waals surface area contributed by atoms with Gasteiger partial charge in [-0.3, -0.25) is 9.59 Å². The molecule has 1 unspecified atom stereocenters. The molecule has 1 atom stereocenters. The summed E-state index contributed by atoms with van der Waals surface area (Å²) in [7, 11) is 1.63. The first kappa shape index (κ1) is 15.9. The number of benzene rings is 1. The van der Waals surface area contributed by atoms with Gasteiger partial charge in [-0.25, -0.2) is 0 Å². The van der Waals surface area contributed by atoms with Crippen LogP contribution in [0, 0.1) is 0 Å². The molecule has 0 saturated carbocycles. The number of rotatable bonds is 2. The van der Waals surface area contributed by atoms with Crippen LogP contribution < -0.4 is 10.5 Å². The zero-order chi connectivity index (χ0) is 16.7. The van der Waals surface area contributed by atoms with Crippen molar-refractivity contribution in [2.45, 2.75) is 12.3 Å². The van der Waals surface area contributed by atoms with E-state index in [0.29, 0.717) is 22.8 Å². The van der Waals surface area contributed by atoms with Crippen molar-refractivity contribution in [3.63, 3.8) is 0 Å². The fourth-order valence-corrected chi connectivity index (χ4v) is 3.31. The number of aromatic nitrogens is 1. The Morgan fingerprint density at radius 1 is 1.17 bits per heavy atom. The molecule has 23 heavy (non-hydrogen) atoms. The summed E-state index contributed by atoms with van der Waals surface area (Å²) in [4.78, 5) is 25.4. The third-order valence-electron chi connectivity index (χ3n) is 4.02. The van der Waals surface area contributed by atoms with E-state index >= 15 is 0 Å². The number of hydrogen-bond donors (Lipinski definition) is 1. The molecule has 2 heterocycles. The number of aryl methyl sites for hydroxylation is 1. The smallest absolute Gasteiger partial charge is 0.250 e. The molecule has 1 aromatic carbocycles. The van der Waals surface area contributed by atoms with Crippen molar-refractivity contribution in [1.29, 1.82) is 0 Å². The number of phenols is 1. The van der Waals surface area contributed by atoms with Gasteiger partial charge in [0.15, 0.2) is 0 Å². The average Bonchev–Trinajstić information content (AvgIpc) is 2.88. The Kier molecular flexibility index (Phi) is 4.08.